The van der Waals surface area contributed by atoms with E-state index in [0.29, 0.717) is 11.3 Å². The van der Waals surface area contributed by atoms with Crippen LogP contribution in [0, 0.1) is 0 Å². The second kappa shape index (κ2) is 8.67. The molecule has 2 rings (SSSR count). The van der Waals surface area contributed by atoms with Crippen molar-refractivity contribution in [2.75, 3.05) is 33.3 Å². The first-order valence-electron chi connectivity index (χ1n) is 7.95. The largest absolute Gasteiger partial charge is 0.496 e. The average Bonchev–Trinajstić information content (AvgIpc) is 2.55. The minimum absolute atomic E-state index is 0.0505. The van der Waals surface area contributed by atoms with Gasteiger partial charge in [0.15, 0.2) is 0 Å². The van der Waals surface area contributed by atoms with Crippen molar-refractivity contribution in [3.8, 4) is 5.75 Å². The fourth-order valence-electron chi connectivity index (χ4n) is 2.77. The Labute approximate surface area is 127 Å². The number of benzene rings is 1. The maximum absolute atomic E-state index is 12.1. The molecule has 1 fully saturated rings. The predicted octanol–water partition coefficient (Wildman–Crippen LogP) is 2.69. The monoisotopic (exact) mass is 290 g/mol. The summed E-state index contributed by atoms with van der Waals surface area (Å²) in [6.45, 7) is 4.37. The van der Waals surface area contributed by atoms with Gasteiger partial charge < -0.3 is 15.0 Å². The van der Waals surface area contributed by atoms with E-state index in [4.69, 9.17) is 4.74 Å². The second-order valence-electron chi connectivity index (χ2n) is 5.57. The SMILES string of the molecule is COc1ccccc1C(=O)NCCCCN1CCCCC1. The molecule has 0 unspecified atom stereocenters. The van der Waals surface area contributed by atoms with Crippen LogP contribution in [0.25, 0.3) is 0 Å². The first-order chi connectivity index (χ1) is 10.3. The molecule has 1 N–H and O–H groups in total. The Balaban J connectivity index is 1.65. The van der Waals surface area contributed by atoms with Crippen LogP contribution in [-0.2, 0) is 0 Å². The number of nitrogens with zero attached hydrogens (tertiary/aromatic N) is 1. The van der Waals surface area contributed by atoms with Crippen molar-refractivity contribution in [2.24, 2.45) is 0 Å². The number of methoxy groups -OCH3 is 1. The molecule has 4 nitrogen and oxygen atoms in total. The van der Waals surface area contributed by atoms with Gasteiger partial charge in [-0.2, -0.15) is 0 Å². The summed E-state index contributed by atoms with van der Waals surface area (Å²) in [6.07, 6.45) is 6.23. The number of rotatable bonds is 7. The van der Waals surface area contributed by atoms with Gasteiger partial charge in [-0.05, 0) is 57.5 Å². The highest BCUT2D eigenvalue weighted by molar-refractivity contribution is 5.96. The molecule has 21 heavy (non-hydrogen) atoms. The molecule has 116 valence electrons. The van der Waals surface area contributed by atoms with Gasteiger partial charge in [-0.15, -0.1) is 0 Å². The molecule has 4 heteroatoms. The van der Waals surface area contributed by atoms with E-state index in [2.05, 4.69) is 10.2 Å². The summed E-state index contributed by atoms with van der Waals surface area (Å²) in [5.41, 5.74) is 0.607. The second-order valence-corrected chi connectivity index (χ2v) is 5.57. The maximum Gasteiger partial charge on any atom is 0.255 e. The molecule has 0 atom stereocenters. The van der Waals surface area contributed by atoms with Crippen molar-refractivity contribution in [1.29, 1.82) is 0 Å². The van der Waals surface area contributed by atoms with Crippen LogP contribution >= 0.6 is 0 Å². The summed E-state index contributed by atoms with van der Waals surface area (Å²) < 4.78 is 5.21. The van der Waals surface area contributed by atoms with E-state index in [1.807, 2.05) is 18.2 Å². The van der Waals surface area contributed by atoms with Crippen molar-refractivity contribution in [1.82, 2.24) is 10.2 Å². The molecular formula is C17H26N2O2. The number of hydrogen-bond donors (Lipinski definition) is 1. The first-order valence-corrected chi connectivity index (χ1v) is 7.95. The van der Waals surface area contributed by atoms with Gasteiger partial charge in [0.25, 0.3) is 5.91 Å². The molecule has 1 saturated heterocycles. The Morgan fingerprint density at radius 3 is 2.71 bits per heavy atom. The molecule has 0 spiro atoms. The van der Waals surface area contributed by atoms with Gasteiger partial charge in [0.1, 0.15) is 5.75 Å². The quantitative estimate of drug-likeness (QED) is 0.785. The van der Waals surface area contributed by atoms with Crippen LogP contribution < -0.4 is 10.1 Å². The number of para-hydroxylation sites is 1. The number of ether oxygens (including phenoxy) is 1. The number of nitrogens with one attached hydrogen (secondary N) is 1. The fourth-order valence-corrected chi connectivity index (χ4v) is 2.77. The lowest BCUT2D eigenvalue weighted by Crippen LogP contribution is -2.31. The van der Waals surface area contributed by atoms with Crippen LogP contribution in [0.15, 0.2) is 24.3 Å². The molecule has 1 amide bonds. The zero-order chi connectivity index (χ0) is 14.9. The minimum Gasteiger partial charge on any atom is -0.496 e. The zero-order valence-corrected chi connectivity index (χ0v) is 12.9. The Kier molecular flexibility index (Phi) is 6.54. The molecule has 1 aliphatic heterocycles. The molecule has 0 radical (unpaired) electrons. The Hall–Kier alpha value is -1.55. The topological polar surface area (TPSA) is 41.6 Å². The van der Waals surface area contributed by atoms with Crippen molar-refractivity contribution in [3.63, 3.8) is 0 Å². The Morgan fingerprint density at radius 1 is 1.19 bits per heavy atom. The molecule has 1 aliphatic rings. The average molecular weight is 290 g/mol. The van der Waals surface area contributed by atoms with Gasteiger partial charge >= 0.3 is 0 Å². The van der Waals surface area contributed by atoms with E-state index in [1.165, 1.54) is 32.4 Å². The lowest BCUT2D eigenvalue weighted by molar-refractivity contribution is 0.0949. The van der Waals surface area contributed by atoms with E-state index in [1.54, 1.807) is 13.2 Å². The predicted molar refractivity (Wildman–Crippen MR) is 84.9 cm³/mol. The van der Waals surface area contributed by atoms with Crippen LogP contribution in [0.4, 0.5) is 0 Å². The highest BCUT2D eigenvalue weighted by Gasteiger charge is 2.11. The molecule has 1 heterocycles. The molecule has 1 aromatic rings. The number of piperidine rings is 1. The van der Waals surface area contributed by atoms with Crippen LogP contribution in [-0.4, -0.2) is 44.1 Å². The van der Waals surface area contributed by atoms with Crippen LogP contribution in [0.2, 0.25) is 0 Å². The van der Waals surface area contributed by atoms with Gasteiger partial charge in [0.2, 0.25) is 0 Å². The van der Waals surface area contributed by atoms with E-state index in [9.17, 15) is 4.79 Å². The summed E-state index contributed by atoms with van der Waals surface area (Å²) in [4.78, 5) is 14.6. The van der Waals surface area contributed by atoms with Crippen LogP contribution in [0.1, 0.15) is 42.5 Å². The van der Waals surface area contributed by atoms with Gasteiger partial charge in [-0.25, -0.2) is 0 Å². The van der Waals surface area contributed by atoms with Crippen molar-refractivity contribution < 1.29 is 9.53 Å². The smallest absolute Gasteiger partial charge is 0.255 e. The summed E-state index contributed by atoms with van der Waals surface area (Å²) >= 11 is 0. The number of likely N-dealkylation sites (tertiary alicyclic amines) is 1. The van der Waals surface area contributed by atoms with Gasteiger partial charge in [-0.3, -0.25) is 4.79 Å². The number of hydrogen-bond acceptors (Lipinski definition) is 3. The summed E-state index contributed by atoms with van der Waals surface area (Å²) in [7, 11) is 1.59. The van der Waals surface area contributed by atoms with Crippen molar-refractivity contribution in [2.45, 2.75) is 32.1 Å². The number of amides is 1. The van der Waals surface area contributed by atoms with E-state index >= 15 is 0 Å². The van der Waals surface area contributed by atoms with E-state index in [-0.39, 0.29) is 5.91 Å². The van der Waals surface area contributed by atoms with Crippen LogP contribution in [0.5, 0.6) is 5.75 Å². The van der Waals surface area contributed by atoms with Crippen LogP contribution in [0.3, 0.4) is 0 Å². The highest BCUT2D eigenvalue weighted by atomic mass is 16.5. The lowest BCUT2D eigenvalue weighted by Gasteiger charge is -2.26. The number of carbonyl (C=O) groups is 1. The van der Waals surface area contributed by atoms with Crippen molar-refractivity contribution in [3.05, 3.63) is 29.8 Å². The van der Waals surface area contributed by atoms with Gasteiger partial charge in [0, 0.05) is 6.54 Å². The number of unbranched alkanes of at least 4 members (excludes halogenated alkanes) is 1. The van der Waals surface area contributed by atoms with E-state index in [0.717, 1.165) is 25.9 Å². The minimum atomic E-state index is -0.0505. The standard InChI is InChI=1S/C17H26N2O2/c1-21-16-10-4-3-9-15(16)17(20)18-11-5-8-14-19-12-6-2-7-13-19/h3-4,9-10H,2,5-8,11-14H2,1H3,(H,18,20). The van der Waals surface area contributed by atoms with Gasteiger partial charge in [-0.1, -0.05) is 18.6 Å². The molecule has 1 aromatic carbocycles. The molecule has 0 saturated carbocycles. The fraction of sp³-hybridized carbons (Fsp3) is 0.588. The normalized spacial score (nSPS) is 15.7. The molecular weight excluding hydrogens is 264 g/mol. The van der Waals surface area contributed by atoms with Crippen molar-refractivity contribution >= 4 is 5.91 Å². The summed E-state index contributed by atoms with van der Waals surface area (Å²) in [5.74, 6) is 0.578. The maximum atomic E-state index is 12.1. The third-order valence-corrected chi connectivity index (χ3v) is 3.99. The van der Waals surface area contributed by atoms with E-state index < -0.39 is 0 Å². The third kappa shape index (κ3) is 5.05. The third-order valence-electron chi connectivity index (χ3n) is 3.99. The Bertz CT molecular complexity index is 442. The summed E-state index contributed by atoms with van der Waals surface area (Å²) in [5, 5.41) is 2.97. The van der Waals surface area contributed by atoms with Gasteiger partial charge in [0.05, 0.1) is 12.7 Å². The molecule has 0 aromatic heterocycles. The number of carbonyl (C=O) groups excluding carboxylic acids is 1. The summed E-state index contributed by atoms with van der Waals surface area (Å²) in [6, 6.07) is 7.33. The lowest BCUT2D eigenvalue weighted by atomic mass is 10.1. The Morgan fingerprint density at radius 2 is 1.95 bits per heavy atom. The highest BCUT2D eigenvalue weighted by Crippen LogP contribution is 2.16. The molecule has 0 aliphatic carbocycles. The molecule has 0 bridgehead atoms. The first kappa shape index (κ1) is 15.8. The zero-order valence-electron chi connectivity index (χ0n) is 12.9.